The van der Waals surface area contributed by atoms with E-state index >= 15 is 0 Å². The van der Waals surface area contributed by atoms with Crippen LogP contribution in [0.3, 0.4) is 0 Å². The van der Waals surface area contributed by atoms with Crippen molar-refractivity contribution in [1.29, 1.82) is 0 Å². The molecule has 1 aliphatic carbocycles. The minimum absolute atomic E-state index is 0.00478. The monoisotopic (exact) mass is 265 g/mol. The first-order valence-electron chi connectivity index (χ1n) is 6.73. The second-order valence-corrected chi connectivity index (χ2v) is 6.63. The molecule has 98 valence electrons. The Morgan fingerprint density at radius 3 is 2.72 bits per heavy atom. The lowest BCUT2D eigenvalue weighted by atomic mass is 9.62. The van der Waals surface area contributed by atoms with Crippen molar-refractivity contribution in [2.24, 2.45) is 17.6 Å². The van der Waals surface area contributed by atoms with Gasteiger partial charge in [-0.3, -0.25) is 0 Å². The molecule has 0 radical (unpaired) electrons. The van der Waals surface area contributed by atoms with E-state index in [-0.39, 0.29) is 11.6 Å². The van der Waals surface area contributed by atoms with Gasteiger partial charge in [0.25, 0.3) is 0 Å². The van der Waals surface area contributed by atoms with E-state index in [9.17, 15) is 0 Å². The number of fused-ring (bicyclic) bond motifs is 1. The molecular formula is C15H20ClNO. The smallest absolute Gasteiger partial charge is 0.125 e. The van der Waals surface area contributed by atoms with Crippen molar-refractivity contribution in [1.82, 2.24) is 0 Å². The zero-order chi connectivity index (χ0) is 12.9. The molecule has 0 amide bonds. The molecule has 1 heterocycles. The van der Waals surface area contributed by atoms with E-state index in [0.717, 1.165) is 47.4 Å². The van der Waals surface area contributed by atoms with Gasteiger partial charge >= 0.3 is 0 Å². The van der Waals surface area contributed by atoms with Gasteiger partial charge in [0.05, 0.1) is 0 Å². The molecule has 2 nitrogen and oxygen atoms in total. The van der Waals surface area contributed by atoms with Crippen LogP contribution in [0.4, 0.5) is 0 Å². The van der Waals surface area contributed by atoms with E-state index in [2.05, 4.69) is 13.8 Å². The van der Waals surface area contributed by atoms with Gasteiger partial charge in [-0.15, -0.1) is 0 Å². The second kappa shape index (κ2) is 4.14. The van der Waals surface area contributed by atoms with E-state index in [0.29, 0.717) is 0 Å². The highest BCUT2D eigenvalue weighted by molar-refractivity contribution is 6.30. The summed E-state index contributed by atoms with van der Waals surface area (Å²) in [7, 11) is 0. The Balaban J connectivity index is 1.83. The molecule has 0 unspecified atom stereocenters. The third-order valence-corrected chi connectivity index (χ3v) is 4.74. The molecule has 1 spiro atoms. The van der Waals surface area contributed by atoms with Crippen molar-refractivity contribution in [2.45, 2.75) is 44.8 Å². The van der Waals surface area contributed by atoms with Crippen LogP contribution in [0.15, 0.2) is 18.2 Å². The first kappa shape index (κ1) is 12.3. The maximum Gasteiger partial charge on any atom is 0.125 e. The van der Waals surface area contributed by atoms with Gasteiger partial charge in [0.15, 0.2) is 0 Å². The zero-order valence-electron chi connectivity index (χ0n) is 10.9. The number of hydrogen-bond donors (Lipinski definition) is 1. The van der Waals surface area contributed by atoms with Crippen LogP contribution in [0.1, 0.15) is 44.7 Å². The average molecular weight is 266 g/mol. The zero-order valence-corrected chi connectivity index (χ0v) is 11.7. The van der Waals surface area contributed by atoms with Gasteiger partial charge in [0, 0.05) is 23.0 Å². The quantitative estimate of drug-likeness (QED) is 0.835. The average Bonchev–Trinajstić information content (AvgIpc) is 2.26. The summed E-state index contributed by atoms with van der Waals surface area (Å²) in [5.74, 6) is 2.45. The van der Waals surface area contributed by atoms with Crippen LogP contribution in [-0.4, -0.2) is 5.60 Å². The highest BCUT2D eigenvalue weighted by Crippen LogP contribution is 2.52. The summed E-state index contributed by atoms with van der Waals surface area (Å²) in [5, 5.41) is 0.734. The second-order valence-electron chi connectivity index (χ2n) is 6.19. The Labute approximate surface area is 113 Å². The van der Waals surface area contributed by atoms with Crippen LogP contribution in [0.2, 0.25) is 5.02 Å². The van der Waals surface area contributed by atoms with Crippen molar-refractivity contribution < 1.29 is 4.74 Å². The van der Waals surface area contributed by atoms with E-state index in [1.54, 1.807) is 0 Å². The third-order valence-electron chi connectivity index (χ3n) is 4.50. The van der Waals surface area contributed by atoms with Crippen LogP contribution in [0.5, 0.6) is 5.75 Å². The molecule has 1 fully saturated rings. The Morgan fingerprint density at radius 1 is 1.33 bits per heavy atom. The van der Waals surface area contributed by atoms with Gasteiger partial charge in [-0.2, -0.15) is 0 Å². The Bertz CT molecular complexity index is 466. The summed E-state index contributed by atoms with van der Waals surface area (Å²) in [4.78, 5) is 0. The molecule has 18 heavy (non-hydrogen) atoms. The van der Waals surface area contributed by atoms with Gasteiger partial charge in [0.1, 0.15) is 11.4 Å². The SMILES string of the molecule is CC(C)C1CC2(C1)C[C@@H](N)c1cc(Cl)ccc1O2. The number of halogens is 1. The Hall–Kier alpha value is -0.730. The van der Waals surface area contributed by atoms with Crippen LogP contribution in [0.25, 0.3) is 0 Å². The minimum atomic E-state index is -0.00478. The molecule has 2 aliphatic rings. The van der Waals surface area contributed by atoms with E-state index in [1.165, 1.54) is 0 Å². The third kappa shape index (κ3) is 1.92. The highest BCUT2D eigenvalue weighted by atomic mass is 35.5. The van der Waals surface area contributed by atoms with Crippen molar-refractivity contribution in [3.63, 3.8) is 0 Å². The predicted molar refractivity (Wildman–Crippen MR) is 73.9 cm³/mol. The van der Waals surface area contributed by atoms with Crippen molar-refractivity contribution in [3.05, 3.63) is 28.8 Å². The lowest BCUT2D eigenvalue weighted by molar-refractivity contribution is -0.0845. The van der Waals surface area contributed by atoms with Crippen LogP contribution in [0, 0.1) is 11.8 Å². The molecule has 1 atom stereocenters. The molecule has 1 saturated carbocycles. The Kier molecular flexibility index (Phi) is 2.83. The predicted octanol–water partition coefficient (Wildman–Crippen LogP) is 3.93. The molecule has 3 rings (SSSR count). The summed E-state index contributed by atoms with van der Waals surface area (Å²) in [5.41, 5.74) is 7.34. The maximum atomic E-state index is 6.28. The van der Waals surface area contributed by atoms with Crippen molar-refractivity contribution in [2.75, 3.05) is 0 Å². The molecule has 0 saturated heterocycles. The molecule has 1 aliphatic heterocycles. The largest absolute Gasteiger partial charge is 0.487 e. The number of hydrogen-bond acceptors (Lipinski definition) is 2. The van der Waals surface area contributed by atoms with Gasteiger partial charge in [-0.1, -0.05) is 25.4 Å². The molecule has 2 N–H and O–H groups in total. The maximum absolute atomic E-state index is 6.28. The van der Waals surface area contributed by atoms with Gasteiger partial charge < -0.3 is 10.5 Å². The van der Waals surface area contributed by atoms with Gasteiger partial charge in [0.2, 0.25) is 0 Å². The summed E-state index contributed by atoms with van der Waals surface area (Å²) in [6.45, 7) is 4.57. The number of nitrogens with two attached hydrogens (primary N) is 1. The van der Waals surface area contributed by atoms with Crippen LogP contribution in [-0.2, 0) is 0 Å². The normalized spacial score (nSPS) is 34.1. The van der Waals surface area contributed by atoms with E-state index in [4.69, 9.17) is 22.1 Å². The topological polar surface area (TPSA) is 35.2 Å². The fourth-order valence-corrected chi connectivity index (χ4v) is 3.49. The first-order chi connectivity index (χ1) is 8.49. The summed E-state index contributed by atoms with van der Waals surface area (Å²) in [6, 6.07) is 5.83. The fourth-order valence-electron chi connectivity index (χ4n) is 3.30. The molecule has 1 aromatic rings. The van der Waals surface area contributed by atoms with Crippen molar-refractivity contribution >= 4 is 11.6 Å². The van der Waals surface area contributed by atoms with Gasteiger partial charge in [-0.05, 0) is 42.9 Å². The summed E-state index contributed by atoms with van der Waals surface area (Å²) >= 11 is 6.01. The fraction of sp³-hybridized carbons (Fsp3) is 0.600. The molecule has 1 aromatic carbocycles. The molecular weight excluding hydrogens is 246 g/mol. The summed E-state index contributed by atoms with van der Waals surface area (Å²) in [6.07, 6.45) is 3.20. The summed E-state index contributed by atoms with van der Waals surface area (Å²) < 4.78 is 6.22. The lowest BCUT2D eigenvalue weighted by Gasteiger charge is -2.52. The first-order valence-corrected chi connectivity index (χ1v) is 7.11. The van der Waals surface area contributed by atoms with Crippen LogP contribution >= 0.6 is 11.6 Å². The highest BCUT2D eigenvalue weighted by Gasteiger charge is 2.50. The van der Waals surface area contributed by atoms with Crippen LogP contribution < -0.4 is 10.5 Å². The molecule has 3 heteroatoms. The standard InChI is InChI=1S/C15H20ClNO/c1-9(2)10-6-15(7-10)8-13(17)12-5-11(16)3-4-14(12)18-15/h3-5,9-10,13H,6-8,17H2,1-2H3/t10?,13-,15?/m1/s1. The Morgan fingerprint density at radius 2 is 2.06 bits per heavy atom. The number of benzene rings is 1. The lowest BCUT2D eigenvalue weighted by Crippen LogP contribution is -2.53. The number of rotatable bonds is 1. The van der Waals surface area contributed by atoms with Crippen molar-refractivity contribution in [3.8, 4) is 5.75 Å². The van der Waals surface area contributed by atoms with Gasteiger partial charge in [-0.25, -0.2) is 0 Å². The number of ether oxygens (including phenoxy) is 1. The van der Waals surface area contributed by atoms with E-state index in [1.807, 2.05) is 18.2 Å². The minimum Gasteiger partial charge on any atom is -0.487 e. The molecule has 0 aromatic heterocycles. The van der Waals surface area contributed by atoms with E-state index < -0.39 is 0 Å². The molecule has 0 bridgehead atoms.